The molecule has 0 aliphatic carbocycles. The van der Waals surface area contributed by atoms with Crippen molar-refractivity contribution in [1.82, 2.24) is 19.9 Å². The number of hydrogen-bond donors (Lipinski definition) is 5. The zero-order valence-electron chi connectivity index (χ0n) is 15.6. The molecule has 2 aromatic heterocycles. The molecule has 0 aliphatic rings. The molecular weight excluding hydrogens is 360 g/mol. The second kappa shape index (κ2) is 7.91. The molecule has 1 atom stereocenters. The van der Waals surface area contributed by atoms with Gasteiger partial charge in [-0.25, -0.2) is 9.97 Å². The number of primary amides is 2. The minimum Gasteiger partial charge on any atom is -0.368 e. The SMILES string of the molecule is CC(C)C[C@@H](Nc1ncc(C(N)=O)c(Nc2ccc3nc[nH]c3c2)n1)C(N)=O. The summed E-state index contributed by atoms with van der Waals surface area (Å²) in [7, 11) is 0. The third kappa shape index (κ3) is 4.34. The number of fused-ring (bicyclic) bond motifs is 1. The van der Waals surface area contributed by atoms with E-state index in [9.17, 15) is 9.59 Å². The van der Waals surface area contributed by atoms with Crippen molar-refractivity contribution in [1.29, 1.82) is 0 Å². The van der Waals surface area contributed by atoms with Crippen molar-refractivity contribution in [2.75, 3.05) is 10.6 Å². The van der Waals surface area contributed by atoms with E-state index < -0.39 is 17.9 Å². The van der Waals surface area contributed by atoms with Crippen LogP contribution in [0.2, 0.25) is 0 Å². The smallest absolute Gasteiger partial charge is 0.254 e. The number of nitrogens with two attached hydrogens (primary N) is 2. The Balaban J connectivity index is 1.90. The summed E-state index contributed by atoms with van der Waals surface area (Å²) in [6, 6.07) is 4.82. The monoisotopic (exact) mass is 382 g/mol. The van der Waals surface area contributed by atoms with Crippen LogP contribution in [0, 0.1) is 5.92 Å². The van der Waals surface area contributed by atoms with E-state index in [1.165, 1.54) is 6.20 Å². The van der Waals surface area contributed by atoms with Crippen molar-refractivity contribution in [3.63, 3.8) is 0 Å². The molecule has 2 heterocycles. The maximum absolute atomic E-state index is 11.8. The summed E-state index contributed by atoms with van der Waals surface area (Å²) >= 11 is 0. The molecular formula is C18H22N8O2. The maximum Gasteiger partial charge on any atom is 0.254 e. The van der Waals surface area contributed by atoms with E-state index in [4.69, 9.17) is 11.5 Å². The van der Waals surface area contributed by atoms with Crippen molar-refractivity contribution >= 4 is 40.3 Å². The number of rotatable bonds is 8. The number of carbonyl (C=O) groups is 2. The first-order valence-electron chi connectivity index (χ1n) is 8.76. The molecule has 0 spiro atoms. The van der Waals surface area contributed by atoms with E-state index in [0.29, 0.717) is 12.1 Å². The van der Waals surface area contributed by atoms with Crippen LogP contribution in [0.15, 0.2) is 30.7 Å². The molecule has 2 amide bonds. The van der Waals surface area contributed by atoms with Crippen LogP contribution in [0.1, 0.15) is 30.6 Å². The summed E-state index contributed by atoms with van der Waals surface area (Å²) in [5, 5.41) is 5.99. The second-order valence-electron chi connectivity index (χ2n) is 6.81. The fourth-order valence-electron chi connectivity index (χ4n) is 2.75. The molecule has 10 nitrogen and oxygen atoms in total. The third-order valence-corrected chi connectivity index (χ3v) is 4.09. The summed E-state index contributed by atoms with van der Waals surface area (Å²) < 4.78 is 0. The fraction of sp³-hybridized carbons (Fsp3) is 0.278. The summed E-state index contributed by atoms with van der Waals surface area (Å²) in [6.07, 6.45) is 3.42. The molecule has 3 aromatic rings. The highest BCUT2D eigenvalue weighted by atomic mass is 16.1. The Morgan fingerprint density at radius 3 is 2.68 bits per heavy atom. The number of hydrogen-bond acceptors (Lipinski definition) is 7. The quantitative estimate of drug-likeness (QED) is 0.394. The predicted molar refractivity (Wildman–Crippen MR) is 106 cm³/mol. The van der Waals surface area contributed by atoms with Gasteiger partial charge in [-0.05, 0) is 30.5 Å². The van der Waals surface area contributed by atoms with Gasteiger partial charge in [-0.15, -0.1) is 0 Å². The Hall–Kier alpha value is -3.69. The Morgan fingerprint density at radius 1 is 1.21 bits per heavy atom. The Kier molecular flexibility index (Phi) is 5.39. The number of amides is 2. The average Bonchev–Trinajstić information content (AvgIpc) is 3.08. The average molecular weight is 382 g/mol. The minimum atomic E-state index is -0.676. The van der Waals surface area contributed by atoms with Gasteiger partial charge in [-0.2, -0.15) is 4.98 Å². The standard InChI is InChI=1S/C18H22N8O2/c1-9(2)5-14(16(20)28)25-18-21-7-11(15(19)27)17(26-18)24-10-3-4-12-13(6-10)23-8-22-12/h3-4,6-9,14H,5H2,1-2H3,(H2,19,27)(H2,20,28)(H,22,23)(H2,21,24,25,26)/t14-/m1/s1. The number of H-pyrrole nitrogens is 1. The summed E-state index contributed by atoms with van der Waals surface area (Å²) in [5.74, 6) is -0.550. The van der Waals surface area contributed by atoms with Crippen LogP contribution in [-0.2, 0) is 4.79 Å². The molecule has 0 unspecified atom stereocenters. The zero-order valence-corrected chi connectivity index (χ0v) is 15.6. The number of anilines is 3. The van der Waals surface area contributed by atoms with Crippen molar-refractivity contribution in [2.24, 2.45) is 17.4 Å². The molecule has 1 aromatic carbocycles. The molecule has 28 heavy (non-hydrogen) atoms. The molecule has 0 bridgehead atoms. The van der Waals surface area contributed by atoms with Crippen molar-refractivity contribution in [3.05, 3.63) is 36.3 Å². The van der Waals surface area contributed by atoms with E-state index in [0.717, 1.165) is 11.0 Å². The van der Waals surface area contributed by atoms with Crippen LogP contribution < -0.4 is 22.1 Å². The van der Waals surface area contributed by atoms with Gasteiger partial charge in [0.15, 0.2) is 0 Å². The maximum atomic E-state index is 11.8. The first kappa shape index (κ1) is 19.1. The number of nitrogens with zero attached hydrogens (tertiary/aromatic N) is 3. The van der Waals surface area contributed by atoms with Crippen LogP contribution in [0.3, 0.4) is 0 Å². The van der Waals surface area contributed by atoms with Gasteiger partial charge in [0.05, 0.1) is 17.4 Å². The van der Waals surface area contributed by atoms with E-state index in [1.807, 2.05) is 26.0 Å². The van der Waals surface area contributed by atoms with Crippen molar-refractivity contribution in [3.8, 4) is 0 Å². The van der Waals surface area contributed by atoms with Gasteiger partial charge >= 0.3 is 0 Å². The molecule has 0 saturated heterocycles. The zero-order chi connectivity index (χ0) is 20.3. The molecule has 0 radical (unpaired) electrons. The van der Waals surface area contributed by atoms with E-state index in [1.54, 1.807) is 12.4 Å². The molecule has 0 saturated carbocycles. The van der Waals surface area contributed by atoms with E-state index in [2.05, 4.69) is 30.6 Å². The first-order valence-corrected chi connectivity index (χ1v) is 8.76. The lowest BCUT2D eigenvalue weighted by Gasteiger charge is -2.18. The summed E-state index contributed by atoms with van der Waals surface area (Å²) in [5.41, 5.74) is 13.3. The number of aromatic amines is 1. The lowest BCUT2D eigenvalue weighted by molar-refractivity contribution is -0.119. The number of benzene rings is 1. The highest BCUT2D eigenvalue weighted by Gasteiger charge is 2.19. The Bertz CT molecular complexity index is 1010. The minimum absolute atomic E-state index is 0.120. The summed E-state index contributed by atoms with van der Waals surface area (Å²) in [4.78, 5) is 39.0. The van der Waals surface area contributed by atoms with Gasteiger partial charge in [-0.1, -0.05) is 13.8 Å². The normalized spacial score (nSPS) is 12.1. The highest BCUT2D eigenvalue weighted by molar-refractivity contribution is 5.98. The van der Waals surface area contributed by atoms with Crippen LogP contribution in [0.5, 0.6) is 0 Å². The van der Waals surface area contributed by atoms with Gasteiger partial charge in [0.1, 0.15) is 17.4 Å². The van der Waals surface area contributed by atoms with Crippen molar-refractivity contribution < 1.29 is 9.59 Å². The Labute approximate surface area is 161 Å². The number of nitrogens with one attached hydrogen (secondary N) is 3. The van der Waals surface area contributed by atoms with Crippen molar-refractivity contribution in [2.45, 2.75) is 26.3 Å². The molecule has 10 heteroatoms. The highest BCUT2D eigenvalue weighted by Crippen LogP contribution is 2.23. The Morgan fingerprint density at radius 2 is 2.00 bits per heavy atom. The fourth-order valence-corrected chi connectivity index (χ4v) is 2.75. The van der Waals surface area contributed by atoms with Gasteiger partial charge in [0.25, 0.3) is 5.91 Å². The summed E-state index contributed by atoms with van der Waals surface area (Å²) in [6.45, 7) is 3.96. The molecule has 3 rings (SSSR count). The van der Waals surface area contributed by atoms with Gasteiger partial charge in [0, 0.05) is 11.9 Å². The lowest BCUT2D eigenvalue weighted by Crippen LogP contribution is -2.37. The number of aromatic nitrogens is 4. The second-order valence-corrected chi connectivity index (χ2v) is 6.81. The van der Waals surface area contributed by atoms with Gasteiger partial charge in [0.2, 0.25) is 11.9 Å². The molecule has 0 aliphatic heterocycles. The lowest BCUT2D eigenvalue weighted by atomic mass is 10.0. The van der Waals surface area contributed by atoms with E-state index in [-0.39, 0.29) is 23.2 Å². The third-order valence-electron chi connectivity index (χ3n) is 4.09. The molecule has 146 valence electrons. The van der Waals surface area contributed by atoms with Crippen LogP contribution in [0.4, 0.5) is 17.5 Å². The van der Waals surface area contributed by atoms with Crippen LogP contribution in [0.25, 0.3) is 11.0 Å². The van der Waals surface area contributed by atoms with Crippen LogP contribution >= 0.6 is 0 Å². The predicted octanol–water partition coefficient (Wildman–Crippen LogP) is 1.51. The number of imidazole rings is 1. The van der Waals surface area contributed by atoms with Gasteiger partial charge in [-0.3, -0.25) is 9.59 Å². The largest absolute Gasteiger partial charge is 0.368 e. The number of carbonyl (C=O) groups excluding carboxylic acids is 2. The first-order chi connectivity index (χ1) is 13.3. The molecule has 0 fully saturated rings. The molecule has 7 N–H and O–H groups in total. The van der Waals surface area contributed by atoms with Crippen LogP contribution in [-0.4, -0.2) is 37.8 Å². The topological polar surface area (TPSA) is 165 Å². The van der Waals surface area contributed by atoms with Gasteiger partial charge < -0.3 is 27.1 Å². The van der Waals surface area contributed by atoms with E-state index >= 15 is 0 Å².